The van der Waals surface area contributed by atoms with Gasteiger partial charge < -0.3 is 14.6 Å². The van der Waals surface area contributed by atoms with Gasteiger partial charge in [0.2, 0.25) is 5.95 Å². The summed E-state index contributed by atoms with van der Waals surface area (Å²) in [6.45, 7) is 3.76. The minimum atomic E-state index is 0.549. The summed E-state index contributed by atoms with van der Waals surface area (Å²) in [5.41, 5.74) is 1.07. The van der Waals surface area contributed by atoms with Crippen LogP contribution in [0.25, 0.3) is 0 Å². The molecule has 1 aliphatic heterocycles. The molecule has 14 heavy (non-hydrogen) atoms. The quantitative estimate of drug-likeness (QED) is 0.778. The lowest BCUT2D eigenvalue weighted by Crippen LogP contribution is -2.20. The van der Waals surface area contributed by atoms with Gasteiger partial charge in [-0.2, -0.15) is 0 Å². The molecular formula is C10H17N3O. The number of aromatic nitrogens is 2. The normalized spacial score (nSPS) is 18.4. The number of ether oxygens (including phenoxy) is 1. The maximum absolute atomic E-state index is 5.35. The van der Waals surface area contributed by atoms with Crippen molar-refractivity contribution in [3.8, 4) is 0 Å². The number of rotatable bonds is 2. The maximum atomic E-state index is 5.35. The van der Waals surface area contributed by atoms with E-state index < -0.39 is 0 Å². The molecule has 1 fully saturated rings. The molecule has 0 radical (unpaired) electrons. The lowest BCUT2D eigenvalue weighted by molar-refractivity contribution is 0.0701. The molecule has 0 aromatic carbocycles. The molecule has 2 heterocycles. The fourth-order valence-corrected chi connectivity index (χ4v) is 1.94. The topological polar surface area (TPSA) is 39.1 Å². The molecule has 0 bridgehead atoms. The lowest BCUT2D eigenvalue weighted by atomic mass is 10.1. The first-order chi connectivity index (χ1) is 6.81. The van der Waals surface area contributed by atoms with Crippen LogP contribution < -0.4 is 5.32 Å². The van der Waals surface area contributed by atoms with Crippen LogP contribution in [0.4, 0.5) is 5.95 Å². The fourth-order valence-electron chi connectivity index (χ4n) is 1.94. The highest BCUT2D eigenvalue weighted by Gasteiger charge is 2.18. The first-order valence-electron chi connectivity index (χ1n) is 5.12. The van der Waals surface area contributed by atoms with Gasteiger partial charge in [-0.1, -0.05) is 0 Å². The second-order valence-electron chi connectivity index (χ2n) is 3.71. The molecule has 1 saturated heterocycles. The van der Waals surface area contributed by atoms with E-state index in [1.54, 1.807) is 0 Å². The van der Waals surface area contributed by atoms with Crippen molar-refractivity contribution < 1.29 is 4.74 Å². The van der Waals surface area contributed by atoms with Gasteiger partial charge in [0.25, 0.3) is 0 Å². The summed E-state index contributed by atoms with van der Waals surface area (Å²) >= 11 is 0. The molecule has 0 aliphatic carbocycles. The van der Waals surface area contributed by atoms with E-state index in [-0.39, 0.29) is 0 Å². The van der Waals surface area contributed by atoms with E-state index in [2.05, 4.69) is 21.1 Å². The summed E-state index contributed by atoms with van der Waals surface area (Å²) in [5, 5.41) is 3.12. The van der Waals surface area contributed by atoms with Gasteiger partial charge in [-0.25, -0.2) is 4.98 Å². The standard InChI is InChI=1S/C10H17N3O/c1-8-7-13(10(11-2)12-8)9-3-5-14-6-4-9/h7,9H,3-6H2,1-2H3,(H,11,12). The van der Waals surface area contributed by atoms with Crippen LogP contribution in [-0.4, -0.2) is 29.8 Å². The van der Waals surface area contributed by atoms with Gasteiger partial charge >= 0.3 is 0 Å². The highest BCUT2D eigenvalue weighted by molar-refractivity contribution is 5.28. The van der Waals surface area contributed by atoms with Crippen molar-refractivity contribution in [2.75, 3.05) is 25.6 Å². The Morgan fingerprint density at radius 3 is 2.86 bits per heavy atom. The SMILES string of the molecule is CNc1nc(C)cn1C1CCOCC1. The van der Waals surface area contributed by atoms with E-state index in [0.717, 1.165) is 37.7 Å². The third kappa shape index (κ3) is 1.75. The summed E-state index contributed by atoms with van der Waals surface area (Å²) in [5.74, 6) is 0.967. The zero-order chi connectivity index (χ0) is 9.97. The average Bonchev–Trinajstić information content (AvgIpc) is 2.61. The summed E-state index contributed by atoms with van der Waals surface area (Å²) in [7, 11) is 1.91. The Morgan fingerprint density at radius 2 is 2.21 bits per heavy atom. The van der Waals surface area contributed by atoms with Crippen molar-refractivity contribution >= 4 is 5.95 Å². The maximum Gasteiger partial charge on any atom is 0.203 e. The molecule has 1 N–H and O–H groups in total. The Labute approximate surface area is 84.3 Å². The number of aryl methyl sites for hydroxylation is 1. The van der Waals surface area contributed by atoms with Crippen LogP contribution in [0.1, 0.15) is 24.6 Å². The van der Waals surface area contributed by atoms with Gasteiger partial charge in [0.15, 0.2) is 0 Å². The highest BCUT2D eigenvalue weighted by Crippen LogP contribution is 2.24. The number of imidazole rings is 1. The van der Waals surface area contributed by atoms with Crippen molar-refractivity contribution in [3.05, 3.63) is 11.9 Å². The van der Waals surface area contributed by atoms with E-state index >= 15 is 0 Å². The van der Waals surface area contributed by atoms with Gasteiger partial charge in [-0.05, 0) is 19.8 Å². The average molecular weight is 195 g/mol. The van der Waals surface area contributed by atoms with E-state index in [9.17, 15) is 0 Å². The van der Waals surface area contributed by atoms with Crippen LogP contribution in [0.5, 0.6) is 0 Å². The molecule has 0 amide bonds. The first-order valence-corrected chi connectivity index (χ1v) is 5.12. The van der Waals surface area contributed by atoms with Gasteiger partial charge in [0.1, 0.15) is 0 Å². The Balaban J connectivity index is 2.20. The largest absolute Gasteiger partial charge is 0.381 e. The van der Waals surface area contributed by atoms with Gasteiger partial charge in [-0.3, -0.25) is 0 Å². The molecule has 4 heteroatoms. The zero-order valence-corrected chi connectivity index (χ0v) is 8.79. The number of hydrogen-bond donors (Lipinski definition) is 1. The lowest BCUT2D eigenvalue weighted by Gasteiger charge is -2.24. The Morgan fingerprint density at radius 1 is 1.50 bits per heavy atom. The number of nitrogens with one attached hydrogen (secondary N) is 1. The minimum Gasteiger partial charge on any atom is -0.381 e. The van der Waals surface area contributed by atoms with Crippen LogP contribution in [0.2, 0.25) is 0 Å². The summed E-state index contributed by atoms with van der Waals surface area (Å²) in [6, 6.07) is 0.549. The molecule has 2 rings (SSSR count). The summed E-state index contributed by atoms with van der Waals surface area (Å²) in [6.07, 6.45) is 4.29. The van der Waals surface area contributed by atoms with Crippen LogP contribution in [0, 0.1) is 6.92 Å². The molecular weight excluding hydrogens is 178 g/mol. The van der Waals surface area contributed by atoms with Crippen molar-refractivity contribution in [2.24, 2.45) is 0 Å². The minimum absolute atomic E-state index is 0.549. The van der Waals surface area contributed by atoms with Crippen LogP contribution in [0.15, 0.2) is 6.20 Å². The molecule has 4 nitrogen and oxygen atoms in total. The predicted octanol–water partition coefficient (Wildman–Crippen LogP) is 1.58. The molecule has 1 aromatic heterocycles. The smallest absolute Gasteiger partial charge is 0.203 e. The fraction of sp³-hybridized carbons (Fsp3) is 0.700. The van der Waals surface area contributed by atoms with E-state index in [0.29, 0.717) is 6.04 Å². The Kier molecular flexibility index (Phi) is 2.72. The zero-order valence-electron chi connectivity index (χ0n) is 8.79. The van der Waals surface area contributed by atoms with Crippen LogP contribution >= 0.6 is 0 Å². The van der Waals surface area contributed by atoms with Crippen molar-refractivity contribution in [1.82, 2.24) is 9.55 Å². The third-order valence-corrected chi connectivity index (χ3v) is 2.66. The molecule has 0 atom stereocenters. The second kappa shape index (κ2) is 4.00. The van der Waals surface area contributed by atoms with E-state index in [4.69, 9.17) is 4.74 Å². The number of hydrogen-bond acceptors (Lipinski definition) is 3. The van der Waals surface area contributed by atoms with E-state index in [1.807, 2.05) is 14.0 Å². The molecule has 1 aromatic rings. The molecule has 0 unspecified atom stereocenters. The summed E-state index contributed by atoms with van der Waals surface area (Å²) in [4.78, 5) is 4.42. The van der Waals surface area contributed by atoms with Gasteiger partial charge in [0.05, 0.1) is 5.69 Å². The third-order valence-electron chi connectivity index (χ3n) is 2.66. The van der Waals surface area contributed by atoms with Crippen molar-refractivity contribution in [1.29, 1.82) is 0 Å². The van der Waals surface area contributed by atoms with Gasteiger partial charge in [-0.15, -0.1) is 0 Å². The Bertz CT molecular complexity index is 302. The monoisotopic (exact) mass is 195 g/mol. The predicted molar refractivity (Wildman–Crippen MR) is 55.6 cm³/mol. The van der Waals surface area contributed by atoms with Crippen molar-refractivity contribution in [3.63, 3.8) is 0 Å². The number of nitrogens with zero attached hydrogens (tertiary/aromatic N) is 2. The van der Waals surface area contributed by atoms with E-state index in [1.165, 1.54) is 0 Å². The van der Waals surface area contributed by atoms with Crippen molar-refractivity contribution in [2.45, 2.75) is 25.8 Å². The molecule has 0 spiro atoms. The second-order valence-corrected chi connectivity index (χ2v) is 3.71. The summed E-state index contributed by atoms with van der Waals surface area (Å²) < 4.78 is 7.58. The highest BCUT2D eigenvalue weighted by atomic mass is 16.5. The number of anilines is 1. The first kappa shape index (κ1) is 9.52. The molecule has 78 valence electrons. The molecule has 1 aliphatic rings. The Hall–Kier alpha value is -1.03. The van der Waals surface area contributed by atoms with Gasteiger partial charge in [0, 0.05) is 32.5 Å². The van der Waals surface area contributed by atoms with Crippen LogP contribution in [-0.2, 0) is 4.74 Å². The van der Waals surface area contributed by atoms with Crippen LogP contribution in [0.3, 0.4) is 0 Å². The molecule has 0 saturated carbocycles.